The van der Waals surface area contributed by atoms with E-state index in [-0.39, 0.29) is 29.6 Å². The maximum absolute atomic E-state index is 12.8. The molecular formula is C21H30N4O3S. The van der Waals surface area contributed by atoms with Gasteiger partial charge in [-0.25, -0.2) is 4.79 Å². The van der Waals surface area contributed by atoms with Crippen LogP contribution in [-0.2, 0) is 16.7 Å². The van der Waals surface area contributed by atoms with E-state index in [0.29, 0.717) is 22.7 Å². The molecule has 0 unspecified atom stereocenters. The van der Waals surface area contributed by atoms with Crippen LogP contribution in [0.15, 0.2) is 12.3 Å². The number of hydrogen-bond acceptors (Lipinski definition) is 6. The summed E-state index contributed by atoms with van der Waals surface area (Å²) in [6, 6.07) is 1.84. The predicted molar refractivity (Wildman–Crippen MR) is 115 cm³/mol. The molecule has 8 heteroatoms. The molecule has 3 heterocycles. The summed E-state index contributed by atoms with van der Waals surface area (Å²) in [4.78, 5) is 26.7. The van der Waals surface area contributed by atoms with E-state index in [2.05, 4.69) is 43.4 Å². The summed E-state index contributed by atoms with van der Waals surface area (Å²) in [5.74, 6) is -0.736. The third-order valence-electron chi connectivity index (χ3n) is 4.92. The van der Waals surface area contributed by atoms with E-state index in [1.54, 1.807) is 23.9 Å². The van der Waals surface area contributed by atoms with Gasteiger partial charge in [0.2, 0.25) is 0 Å². The first-order chi connectivity index (χ1) is 13.4. The summed E-state index contributed by atoms with van der Waals surface area (Å²) >= 11 is 1.43. The molecule has 0 saturated carbocycles. The lowest BCUT2D eigenvalue weighted by atomic mass is 9.81. The van der Waals surface area contributed by atoms with Crippen LogP contribution in [0.4, 0.5) is 5.00 Å². The second kappa shape index (κ2) is 7.57. The highest BCUT2D eigenvalue weighted by molar-refractivity contribution is 7.17. The van der Waals surface area contributed by atoms with Gasteiger partial charge in [-0.05, 0) is 66.5 Å². The van der Waals surface area contributed by atoms with Crippen molar-refractivity contribution in [2.24, 2.45) is 0 Å². The Morgan fingerprint density at radius 3 is 2.62 bits per heavy atom. The smallest absolute Gasteiger partial charge is 0.341 e. The summed E-state index contributed by atoms with van der Waals surface area (Å²) in [5.41, 5.74) is 1.22. The highest BCUT2D eigenvalue weighted by atomic mass is 32.1. The Hall–Kier alpha value is -2.19. The first-order valence-corrected chi connectivity index (χ1v) is 10.8. The van der Waals surface area contributed by atoms with Crippen molar-refractivity contribution in [1.82, 2.24) is 15.1 Å². The molecule has 158 valence electrons. The number of aromatic nitrogens is 2. The maximum Gasteiger partial charge on any atom is 0.341 e. The van der Waals surface area contributed by atoms with Crippen molar-refractivity contribution >= 4 is 28.2 Å². The average Bonchev–Trinajstić information content (AvgIpc) is 3.18. The van der Waals surface area contributed by atoms with Crippen LogP contribution >= 0.6 is 11.3 Å². The van der Waals surface area contributed by atoms with Crippen molar-refractivity contribution in [3.63, 3.8) is 0 Å². The van der Waals surface area contributed by atoms with Crippen LogP contribution in [-0.4, -0.2) is 33.8 Å². The molecule has 3 rings (SSSR count). The lowest BCUT2D eigenvalue weighted by molar-refractivity contribution is 0.0526. The Balaban J connectivity index is 2.03. The molecule has 2 aromatic rings. The minimum Gasteiger partial charge on any atom is -0.462 e. The molecule has 1 aliphatic rings. The third-order valence-corrected chi connectivity index (χ3v) is 6.39. The molecule has 29 heavy (non-hydrogen) atoms. The van der Waals surface area contributed by atoms with Crippen molar-refractivity contribution in [3.05, 3.63) is 34.0 Å². The average molecular weight is 419 g/mol. The Labute approximate surface area is 175 Å². The van der Waals surface area contributed by atoms with Gasteiger partial charge < -0.3 is 15.4 Å². The molecule has 0 bridgehead atoms. The lowest BCUT2D eigenvalue weighted by Gasteiger charge is -2.42. The molecule has 1 amide bonds. The summed E-state index contributed by atoms with van der Waals surface area (Å²) in [7, 11) is 0. The summed E-state index contributed by atoms with van der Waals surface area (Å²) in [6.45, 7) is 14.5. The Kier molecular flexibility index (Phi) is 5.62. The number of anilines is 1. The minimum atomic E-state index is -0.401. The van der Waals surface area contributed by atoms with E-state index >= 15 is 0 Å². The van der Waals surface area contributed by atoms with Gasteiger partial charge in [-0.3, -0.25) is 9.48 Å². The molecule has 2 N–H and O–H groups in total. The van der Waals surface area contributed by atoms with E-state index < -0.39 is 5.97 Å². The van der Waals surface area contributed by atoms with Crippen LogP contribution in [0.5, 0.6) is 0 Å². The topological polar surface area (TPSA) is 85.2 Å². The van der Waals surface area contributed by atoms with Crippen molar-refractivity contribution < 1.29 is 14.3 Å². The minimum absolute atomic E-state index is 0.162. The van der Waals surface area contributed by atoms with Crippen LogP contribution in [0.1, 0.15) is 85.8 Å². The molecule has 0 spiro atoms. The van der Waals surface area contributed by atoms with Gasteiger partial charge in [0.1, 0.15) is 5.00 Å². The van der Waals surface area contributed by atoms with Gasteiger partial charge in [-0.15, -0.1) is 11.3 Å². The van der Waals surface area contributed by atoms with Gasteiger partial charge in [-0.2, -0.15) is 5.10 Å². The third kappa shape index (κ3) is 4.23. The maximum atomic E-state index is 12.8. The number of nitrogens with zero attached hydrogens (tertiary/aromatic N) is 2. The molecule has 7 nitrogen and oxygen atoms in total. The predicted octanol–water partition coefficient (Wildman–Crippen LogP) is 4.11. The first-order valence-electron chi connectivity index (χ1n) is 9.94. The van der Waals surface area contributed by atoms with Crippen molar-refractivity contribution in [2.45, 2.75) is 72.0 Å². The van der Waals surface area contributed by atoms with E-state index in [0.717, 1.165) is 10.4 Å². The molecule has 0 fully saturated rings. The molecule has 0 aliphatic carbocycles. The summed E-state index contributed by atoms with van der Waals surface area (Å²) < 4.78 is 7.06. The van der Waals surface area contributed by atoms with E-state index in [4.69, 9.17) is 4.74 Å². The summed E-state index contributed by atoms with van der Waals surface area (Å²) in [6.07, 6.45) is 2.45. The quantitative estimate of drug-likeness (QED) is 0.714. The van der Waals surface area contributed by atoms with Crippen LogP contribution in [0.3, 0.4) is 0 Å². The monoisotopic (exact) mass is 418 g/mol. The van der Waals surface area contributed by atoms with Gasteiger partial charge in [-0.1, -0.05) is 0 Å². The number of nitrogens with one attached hydrogen (secondary N) is 2. The zero-order valence-electron chi connectivity index (χ0n) is 18.2. The standard InChI is InChI=1S/C21H30N4O3S/c1-8-28-19(27)15-13-11-20(4,5)24-21(6,7)16(13)29-18(15)22-17(26)14-9-10-25(23-14)12(2)3/h9-10,12,24H,8,11H2,1-7H3,(H,22,26). The highest BCUT2D eigenvalue weighted by Gasteiger charge is 2.42. The van der Waals surface area contributed by atoms with Crippen LogP contribution in [0.25, 0.3) is 0 Å². The summed E-state index contributed by atoms with van der Waals surface area (Å²) in [5, 5.41) is 11.4. The van der Waals surface area contributed by atoms with E-state index in [1.807, 2.05) is 13.8 Å². The first kappa shape index (κ1) is 21.5. The number of amides is 1. The van der Waals surface area contributed by atoms with E-state index in [9.17, 15) is 9.59 Å². The van der Waals surface area contributed by atoms with Gasteiger partial charge >= 0.3 is 5.97 Å². The Morgan fingerprint density at radius 2 is 2.03 bits per heavy atom. The molecule has 0 saturated heterocycles. The number of rotatable bonds is 5. The number of thiophene rings is 1. The molecule has 0 aromatic carbocycles. The van der Waals surface area contributed by atoms with Crippen molar-refractivity contribution in [1.29, 1.82) is 0 Å². The second-order valence-corrected chi connectivity index (χ2v) is 9.89. The molecule has 0 atom stereocenters. The largest absolute Gasteiger partial charge is 0.462 e. The second-order valence-electron chi connectivity index (χ2n) is 8.87. The fourth-order valence-electron chi connectivity index (χ4n) is 3.95. The number of hydrogen-bond donors (Lipinski definition) is 2. The molecule has 2 aromatic heterocycles. The molecular weight excluding hydrogens is 388 g/mol. The van der Waals surface area contributed by atoms with Crippen LogP contribution in [0.2, 0.25) is 0 Å². The van der Waals surface area contributed by atoms with Gasteiger partial charge in [0.15, 0.2) is 5.69 Å². The number of fused-ring (bicyclic) bond motifs is 1. The zero-order valence-corrected chi connectivity index (χ0v) is 19.0. The SMILES string of the molecule is CCOC(=O)c1c(NC(=O)c2ccn(C(C)C)n2)sc2c1CC(C)(C)NC2(C)C. The number of carbonyl (C=O) groups is 2. The Bertz CT molecular complexity index is 940. The van der Waals surface area contributed by atoms with Crippen LogP contribution < -0.4 is 10.6 Å². The fourth-order valence-corrected chi connectivity index (χ4v) is 5.21. The van der Waals surface area contributed by atoms with Gasteiger partial charge in [0.25, 0.3) is 5.91 Å². The van der Waals surface area contributed by atoms with Gasteiger partial charge in [0, 0.05) is 28.2 Å². The Morgan fingerprint density at radius 1 is 1.34 bits per heavy atom. The fraction of sp³-hybridized carbons (Fsp3) is 0.571. The van der Waals surface area contributed by atoms with Crippen molar-refractivity contribution in [3.8, 4) is 0 Å². The number of ether oxygens (including phenoxy) is 1. The van der Waals surface area contributed by atoms with Crippen molar-refractivity contribution in [2.75, 3.05) is 11.9 Å². The molecule has 1 aliphatic heterocycles. The van der Waals surface area contributed by atoms with E-state index in [1.165, 1.54) is 11.3 Å². The molecule has 0 radical (unpaired) electrons. The van der Waals surface area contributed by atoms with Crippen LogP contribution in [0, 0.1) is 0 Å². The lowest BCUT2D eigenvalue weighted by Crippen LogP contribution is -2.55. The zero-order chi connectivity index (χ0) is 21.6. The number of esters is 1. The normalized spacial score (nSPS) is 17.1. The number of carbonyl (C=O) groups excluding carboxylic acids is 2. The highest BCUT2D eigenvalue weighted by Crippen LogP contribution is 2.45. The van der Waals surface area contributed by atoms with Gasteiger partial charge in [0.05, 0.1) is 12.2 Å².